The highest BCUT2D eigenvalue weighted by atomic mass is 32.2. The van der Waals surface area contributed by atoms with E-state index in [0.717, 1.165) is 23.9 Å². The topological polar surface area (TPSA) is 64.6 Å². The van der Waals surface area contributed by atoms with E-state index in [0.29, 0.717) is 16.4 Å². The minimum atomic E-state index is -0.993. The van der Waals surface area contributed by atoms with Crippen molar-refractivity contribution in [2.45, 2.75) is 11.0 Å². The van der Waals surface area contributed by atoms with Crippen LogP contribution < -0.4 is 14.8 Å². The highest BCUT2D eigenvalue weighted by Crippen LogP contribution is 2.30. The molecule has 2 aromatic rings. The predicted molar refractivity (Wildman–Crippen MR) is 86.6 cm³/mol. The van der Waals surface area contributed by atoms with Gasteiger partial charge in [-0.15, -0.1) is 11.8 Å². The number of halogens is 2. The first kappa shape index (κ1) is 17.2. The van der Waals surface area contributed by atoms with Crippen LogP contribution in [-0.2, 0) is 9.59 Å². The van der Waals surface area contributed by atoms with E-state index in [1.54, 1.807) is 24.3 Å². The average molecular weight is 365 g/mol. The Kier molecular flexibility index (Phi) is 5.18. The summed E-state index contributed by atoms with van der Waals surface area (Å²) in [7, 11) is 0. The number of fused-ring (bicyclic) bond motifs is 1. The minimum Gasteiger partial charge on any atom is -0.485 e. The van der Waals surface area contributed by atoms with Crippen LogP contribution in [-0.4, -0.2) is 30.3 Å². The molecule has 5 nitrogen and oxygen atoms in total. The molecular formula is C17H13F2NO4S. The number of carbonyl (C=O) groups excluding carboxylic acids is 2. The molecule has 3 rings (SSSR count). The molecule has 8 heteroatoms. The first-order valence-corrected chi connectivity index (χ1v) is 8.31. The minimum absolute atomic E-state index is 0.00750. The van der Waals surface area contributed by atoms with Crippen LogP contribution in [0.15, 0.2) is 47.4 Å². The number of carbonyl (C=O) groups is 2. The molecule has 0 spiro atoms. The van der Waals surface area contributed by atoms with E-state index in [9.17, 15) is 18.4 Å². The summed E-state index contributed by atoms with van der Waals surface area (Å²) in [4.78, 5) is 24.3. The molecule has 0 fully saturated rings. The van der Waals surface area contributed by atoms with Crippen molar-refractivity contribution in [3.63, 3.8) is 0 Å². The van der Waals surface area contributed by atoms with Gasteiger partial charge < -0.3 is 9.47 Å². The van der Waals surface area contributed by atoms with Gasteiger partial charge in [-0.2, -0.15) is 0 Å². The van der Waals surface area contributed by atoms with Crippen LogP contribution in [0, 0.1) is 11.6 Å². The Morgan fingerprint density at radius 1 is 1.12 bits per heavy atom. The van der Waals surface area contributed by atoms with E-state index in [4.69, 9.17) is 9.47 Å². The lowest BCUT2D eigenvalue weighted by Crippen LogP contribution is -2.46. The summed E-state index contributed by atoms with van der Waals surface area (Å²) in [6.07, 6.45) is -0.938. The molecule has 25 heavy (non-hydrogen) atoms. The van der Waals surface area contributed by atoms with E-state index in [2.05, 4.69) is 5.32 Å². The Labute approximate surface area is 146 Å². The maximum atomic E-state index is 13.1. The quantitative estimate of drug-likeness (QED) is 0.844. The molecule has 1 aliphatic heterocycles. The van der Waals surface area contributed by atoms with E-state index in [1.807, 2.05) is 0 Å². The van der Waals surface area contributed by atoms with Crippen molar-refractivity contribution in [2.24, 2.45) is 0 Å². The number of amides is 2. The van der Waals surface area contributed by atoms with Crippen LogP contribution in [0.5, 0.6) is 11.5 Å². The first-order valence-electron chi connectivity index (χ1n) is 7.33. The molecule has 2 amide bonds. The number of benzene rings is 2. The fourth-order valence-corrected chi connectivity index (χ4v) is 2.84. The molecule has 1 heterocycles. The zero-order chi connectivity index (χ0) is 17.8. The van der Waals surface area contributed by atoms with Crippen LogP contribution in [0.4, 0.5) is 8.78 Å². The number of hydrogen-bond donors (Lipinski definition) is 1. The second-order valence-electron chi connectivity index (χ2n) is 5.14. The molecule has 0 bridgehead atoms. The van der Waals surface area contributed by atoms with Crippen molar-refractivity contribution in [3.05, 3.63) is 54.1 Å². The first-order chi connectivity index (χ1) is 12.0. The lowest BCUT2D eigenvalue weighted by atomic mass is 10.2. The molecule has 1 N–H and O–H groups in total. The maximum Gasteiger partial charge on any atom is 0.271 e. The van der Waals surface area contributed by atoms with E-state index < -0.39 is 29.6 Å². The molecule has 2 aromatic carbocycles. The second-order valence-corrected chi connectivity index (χ2v) is 6.19. The maximum absolute atomic E-state index is 13.1. The number of nitrogens with one attached hydrogen (secondary N) is 1. The summed E-state index contributed by atoms with van der Waals surface area (Å²) >= 11 is 0.986. The van der Waals surface area contributed by atoms with Crippen LogP contribution in [0.3, 0.4) is 0 Å². The Bertz CT molecular complexity index is 815. The number of thioether (sulfide) groups is 1. The van der Waals surface area contributed by atoms with E-state index in [-0.39, 0.29) is 12.4 Å². The summed E-state index contributed by atoms with van der Waals surface area (Å²) in [5, 5.41) is 2.21. The molecule has 1 atom stereocenters. The molecule has 0 saturated heterocycles. The monoisotopic (exact) mass is 365 g/mol. The lowest BCUT2D eigenvalue weighted by molar-refractivity contribution is -0.135. The molecule has 0 unspecified atom stereocenters. The van der Waals surface area contributed by atoms with Gasteiger partial charge in [0.05, 0.1) is 5.75 Å². The van der Waals surface area contributed by atoms with Crippen LogP contribution >= 0.6 is 11.8 Å². The third-order valence-corrected chi connectivity index (χ3v) is 4.32. The molecule has 0 radical (unpaired) electrons. The summed E-state index contributed by atoms with van der Waals surface area (Å²) in [6.45, 7) is -0.00750. The standard InChI is InChI=1S/C17H13F2NO4S/c18-11-6-5-10(7-12(11)19)25-9-16(21)20-17(22)15-8-23-13-3-1-2-4-14(13)24-15/h1-7,15H,8-9H2,(H,20,21,22)/t15-/m1/s1. The van der Waals surface area contributed by atoms with Gasteiger partial charge in [0.2, 0.25) is 12.0 Å². The summed E-state index contributed by atoms with van der Waals surface area (Å²) in [5.74, 6) is -2.30. The lowest BCUT2D eigenvalue weighted by Gasteiger charge is -2.25. The van der Waals surface area contributed by atoms with Gasteiger partial charge in [-0.05, 0) is 30.3 Å². The van der Waals surface area contributed by atoms with Crippen LogP contribution in [0.2, 0.25) is 0 Å². The fraction of sp³-hybridized carbons (Fsp3) is 0.176. The van der Waals surface area contributed by atoms with E-state index >= 15 is 0 Å². The van der Waals surface area contributed by atoms with Gasteiger partial charge in [-0.25, -0.2) is 8.78 Å². The van der Waals surface area contributed by atoms with Crippen molar-refractivity contribution < 1.29 is 27.8 Å². The molecule has 0 aliphatic carbocycles. The second kappa shape index (κ2) is 7.52. The van der Waals surface area contributed by atoms with Crippen LogP contribution in [0.1, 0.15) is 0 Å². The highest BCUT2D eigenvalue weighted by Gasteiger charge is 2.28. The smallest absolute Gasteiger partial charge is 0.271 e. The molecular weight excluding hydrogens is 352 g/mol. The van der Waals surface area contributed by atoms with E-state index in [1.165, 1.54) is 6.07 Å². The fourth-order valence-electron chi connectivity index (χ4n) is 2.12. The van der Waals surface area contributed by atoms with Gasteiger partial charge in [0.25, 0.3) is 5.91 Å². The molecule has 0 aromatic heterocycles. The number of ether oxygens (including phenoxy) is 2. The van der Waals surface area contributed by atoms with Crippen molar-refractivity contribution in [3.8, 4) is 11.5 Å². The summed E-state index contributed by atoms with van der Waals surface area (Å²) in [6, 6.07) is 10.2. The zero-order valence-corrected chi connectivity index (χ0v) is 13.6. The van der Waals surface area contributed by atoms with Gasteiger partial charge in [-0.3, -0.25) is 14.9 Å². The Morgan fingerprint density at radius 2 is 1.88 bits per heavy atom. The van der Waals surface area contributed by atoms with Crippen molar-refractivity contribution in [2.75, 3.05) is 12.4 Å². The Morgan fingerprint density at radius 3 is 2.64 bits per heavy atom. The van der Waals surface area contributed by atoms with Crippen molar-refractivity contribution in [1.82, 2.24) is 5.32 Å². The Balaban J connectivity index is 1.51. The highest BCUT2D eigenvalue weighted by molar-refractivity contribution is 8.00. The van der Waals surface area contributed by atoms with Gasteiger partial charge >= 0.3 is 0 Å². The third-order valence-electron chi connectivity index (χ3n) is 3.32. The molecule has 0 saturated carbocycles. The normalized spacial score (nSPS) is 15.5. The number of imide groups is 1. The number of hydrogen-bond acceptors (Lipinski definition) is 5. The van der Waals surface area contributed by atoms with Gasteiger partial charge in [0.15, 0.2) is 23.1 Å². The summed E-state index contributed by atoms with van der Waals surface area (Å²) < 4.78 is 36.9. The third kappa shape index (κ3) is 4.27. The zero-order valence-electron chi connectivity index (χ0n) is 12.8. The largest absolute Gasteiger partial charge is 0.485 e. The van der Waals surface area contributed by atoms with Crippen molar-refractivity contribution in [1.29, 1.82) is 0 Å². The van der Waals surface area contributed by atoms with Gasteiger partial charge in [0, 0.05) is 4.90 Å². The van der Waals surface area contributed by atoms with Crippen molar-refractivity contribution >= 4 is 23.6 Å². The Hall–Kier alpha value is -2.61. The molecule has 130 valence electrons. The number of para-hydroxylation sites is 2. The summed E-state index contributed by atoms with van der Waals surface area (Å²) in [5.41, 5.74) is 0. The van der Waals surface area contributed by atoms with Crippen LogP contribution in [0.25, 0.3) is 0 Å². The average Bonchev–Trinajstić information content (AvgIpc) is 2.62. The van der Waals surface area contributed by atoms with Gasteiger partial charge in [-0.1, -0.05) is 12.1 Å². The predicted octanol–water partition coefficient (Wildman–Crippen LogP) is 2.54. The molecule has 1 aliphatic rings. The van der Waals surface area contributed by atoms with Gasteiger partial charge in [0.1, 0.15) is 6.61 Å². The SMILES string of the molecule is O=C(CSc1ccc(F)c(F)c1)NC(=O)[C@H]1COc2ccccc2O1. The number of rotatable bonds is 4.